The summed E-state index contributed by atoms with van der Waals surface area (Å²) in [5, 5.41) is -0.756. The van der Waals surface area contributed by atoms with Crippen LogP contribution in [0.25, 0.3) is 0 Å². The summed E-state index contributed by atoms with van der Waals surface area (Å²) in [5.74, 6) is -0.956. The Kier molecular flexibility index (Phi) is 5.15. The molecule has 0 aromatic heterocycles. The number of hydrogen-bond acceptors (Lipinski definition) is 3. The summed E-state index contributed by atoms with van der Waals surface area (Å²) < 4.78 is 43.7. The van der Waals surface area contributed by atoms with Gasteiger partial charge in [-0.1, -0.05) is 23.2 Å². The van der Waals surface area contributed by atoms with Gasteiger partial charge in [-0.25, -0.2) is 17.5 Å². The molecular weight excluding hydrogens is 292 g/mol. The Balaban J connectivity index is 3.04. The largest absolute Gasteiger partial charge is 0.383 e. The topological polar surface area (TPSA) is 55.4 Å². The molecule has 1 aromatic rings. The van der Waals surface area contributed by atoms with Crippen LogP contribution in [0.3, 0.4) is 0 Å². The van der Waals surface area contributed by atoms with Crippen LogP contribution in [-0.2, 0) is 14.8 Å². The van der Waals surface area contributed by atoms with Crippen molar-refractivity contribution in [1.82, 2.24) is 4.72 Å². The SMILES string of the molecule is COCCNS(=O)(=O)c1ccc(Cl)c(F)c1Cl. The summed E-state index contributed by atoms with van der Waals surface area (Å²) >= 11 is 11.1. The van der Waals surface area contributed by atoms with E-state index in [9.17, 15) is 12.8 Å². The molecule has 0 saturated heterocycles. The lowest BCUT2D eigenvalue weighted by molar-refractivity contribution is 0.204. The van der Waals surface area contributed by atoms with Gasteiger partial charge in [0.25, 0.3) is 0 Å². The molecule has 1 aromatic carbocycles. The molecule has 0 amide bonds. The van der Waals surface area contributed by atoms with Crippen molar-refractivity contribution in [2.45, 2.75) is 4.90 Å². The van der Waals surface area contributed by atoms with Crippen molar-refractivity contribution in [1.29, 1.82) is 0 Å². The third-order valence-electron chi connectivity index (χ3n) is 1.89. The Morgan fingerprint density at radius 3 is 2.65 bits per heavy atom. The molecule has 96 valence electrons. The first-order valence-electron chi connectivity index (χ1n) is 4.52. The summed E-state index contributed by atoms with van der Waals surface area (Å²) in [6.07, 6.45) is 0. The van der Waals surface area contributed by atoms with E-state index >= 15 is 0 Å². The fourth-order valence-corrected chi connectivity index (χ4v) is 2.83. The predicted octanol–water partition coefficient (Wildman–Crippen LogP) is 2.06. The summed E-state index contributed by atoms with van der Waals surface area (Å²) in [4.78, 5) is -0.350. The third-order valence-corrected chi connectivity index (χ3v) is 4.16. The molecule has 1 N–H and O–H groups in total. The molecule has 1 rings (SSSR count). The molecule has 0 heterocycles. The first-order valence-corrected chi connectivity index (χ1v) is 6.76. The van der Waals surface area contributed by atoms with Crippen LogP contribution in [-0.4, -0.2) is 28.7 Å². The van der Waals surface area contributed by atoms with E-state index in [1.54, 1.807) is 0 Å². The maximum atomic E-state index is 13.3. The van der Waals surface area contributed by atoms with Gasteiger partial charge in [-0.05, 0) is 12.1 Å². The van der Waals surface area contributed by atoms with Crippen LogP contribution < -0.4 is 4.72 Å². The normalized spacial score (nSPS) is 11.8. The van der Waals surface area contributed by atoms with Crippen LogP contribution in [0.15, 0.2) is 17.0 Å². The van der Waals surface area contributed by atoms with E-state index in [1.165, 1.54) is 7.11 Å². The second-order valence-electron chi connectivity index (χ2n) is 3.06. The zero-order chi connectivity index (χ0) is 13.1. The van der Waals surface area contributed by atoms with Gasteiger partial charge < -0.3 is 4.74 Å². The standard InChI is InChI=1S/C9H10Cl2FNO3S/c1-16-5-4-13-17(14,15)7-3-2-6(10)9(12)8(7)11/h2-3,13H,4-5H2,1H3. The number of ether oxygens (including phenoxy) is 1. The van der Waals surface area contributed by atoms with Crippen molar-refractivity contribution in [3.8, 4) is 0 Å². The average Bonchev–Trinajstić information content (AvgIpc) is 2.26. The fourth-order valence-electron chi connectivity index (χ4n) is 1.07. The maximum Gasteiger partial charge on any atom is 0.242 e. The molecule has 0 radical (unpaired) electrons. The molecule has 0 bridgehead atoms. The van der Waals surface area contributed by atoms with Gasteiger partial charge in [-0.2, -0.15) is 0 Å². The average molecular weight is 302 g/mol. The van der Waals surface area contributed by atoms with Crippen LogP contribution in [0.2, 0.25) is 10.0 Å². The molecule has 0 aliphatic carbocycles. The molecule has 0 fully saturated rings. The number of sulfonamides is 1. The van der Waals surface area contributed by atoms with Gasteiger partial charge in [0.1, 0.15) is 4.90 Å². The minimum absolute atomic E-state index is 0.0689. The molecule has 0 spiro atoms. The third kappa shape index (κ3) is 3.53. The van der Waals surface area contributed by atoms with Crippen LogP contribution >= 0.6 is 23.2 Å². The molecule has 0 aliphatic rings. The minimum atomic E-state index is -3.86. The highest BCUT2D eigenvalue weighted by Crippen LogP contribution is 2.29. The van der Waals surface area contributed by atoms with Crippen LogP contribution in [0.5, 0.6) is 0 Å². The number of hydrogen-bond donors (Lipinski definition) is 1. The monoisotopic (exact) mass is 301 g/mol. The Hall–Kier alpha value is -0.400. The van der Waals surface area contributed by atoms with Crippen molar-refractivity contribution >= 4 is 33.2 Å². The zero-order valence-electron chi connectivity index (χ0n) is 8.84. The molecule has 0 atom stereocenters. The summed E-state index contributed by atoms with van der Waals surface area (Å²) in [6, 6.07) is 2.27. The van der Waals surface area contributed by atoms with Gasteiger partial charge in [0.15, 0.2) is 5.82 Å². The van der Waals surface area contributed by atoms with Crippen LogP contribution in [0.4, 0.5) is 4.39 Å². The van der Waals surface area contributed by atoms with E-state index in [1.807, 2.05) is 0 Å². The van der Waals surface area contributed by atoms with Crippen LogP contribution in [0, 0.1) is 5.82 Å². The maximum absolute atomic E-state index is 13.3. The van der Waals surface area contributed by atoms with Gasteiger partial charge in [0, 0.05) is 13.7 Å². The minimum Gasteiger partial charge on any atom is -0.383 e. The lowest BCUT2D eigenvalue weighted by atomic mass is 10.3. The lowest BCUT2D eigenvalue weighted by Gasteiger charge is -2.08. The fraction of sp³-hybridized carbons (Fsp3) is 0.333. The number of nitrogens with one attached hydrogen (secondary N) is 1. The van der Waals surface area contributed by atoms with Gasteiger partial charge in [0.05, 0.1) is 16.7 Å². The molecule has 0 unspecified atom stereocenters. The summed E-state index contributed by atoms with van der Waals surface area (Å²) in [5.41, 5.74) is 0. The summed E-state index contributed by atoms with van der Waals surface area (Å²) in [6.45, 7) is 0.270. The van der Waals surface area contributed by atoms with Gasteiger partial charge in [0.2, 0.25) is 10.0 Å². The highest BCUT2D eigenvalue weighted by Gasteiger charge is 2.21. The molecule has 4 nitrogen and oxygen atoms in total. The van der Waals surface area contributed by atoms with E-state index in [2.05, 4.69) is 4.72 Å². The molecule has 0 aliphatic heterocycles. The van der Waals surface area contributed by atoms with Gasteiger partial charge in [-0.15, -0.1) is 0 Å². The number of benzene rings is 1. The van der Waals surface area contributed by atoms with Crippen molar-refractivity contribution in [3.05, 3.63) is 28.0 Å². The Morgan fingerprint density at radius 1 is 1.41 bits per heavy atom. The molecule has 8 heteroatoms. The van der Waals surface area contributed by atoms with Gasteiger partial charge in [-0.3, -0.25) is 0 Å². The van der Waals surface area contributed by atoms with E-state index in [0.717, 1.165) is 12.1 Å². The zero-order valence-corrected chi connectivity index (χ0v) is 11.2. The van der Waals surface area contributed by atoms with E-state index in [-0.39, 0.29) is 23.1 Å². The van der Waals surface area contributed by atoms with E-state index in [4.69, 9.17) is 27.9 Å². The quantitative estimate of drug-likeness (QED) is 0.669. The Labute approximate surface area is 109 Å². The molecule has 0 saturated carbocycles. The van der Waals surface area contributed by atoms with E-state index < -0.39 is 20.9 Å². The van der Waals surface area contributed by atoms with Crippen molar-refractivity contribution < 1.29 is 17.5 Å². The number of rotatable bonds is 5. The number of halogens is 3. The van der Waals surface area contributed by atoms with E-state index in [0.29, 0.717) is 0 Å². The van der Waals surface area contributed by atoms with Crippen molar-refractivity contribution in [2.75, 3.05) is 20.3 Å². The Morgan fingerprint density at radius 2 is 2.06 bits per heavy atom. The van der Waals surface area contributed by atoms with Crippen molar-refractivity contribution in [3.63, 3.8) is 0 Å². The van der Waals surface area contributed by atoms with Gasteiger partial charge >= 0.3 is 0 Å². The smallest absolute Gasteiger partial charge is 0.242 e. The van der Waals surface area contributed by atoms with Crippen LogP contribution in [0.1, 0.15) is 0 Å². The Bertz CT molecular complexity index is 507. The highest BCUT2D eigenvalue weighted by molar-refractivity contribution is 7.89. The first-order chi connectivity index (χ1) is 7.90. The first kappa shape index (κ1) is 14.7. The van der Waals surface area contributed by atoms with Crippen molar-refractivity contribution in [2.24, 2.45) is 0 Å². The lowest BCUT2D eigenvalue weighted by Crippen LogP contribution is -2.27. The summed E-state index contributed by atoms with van der Waals surface area (Å²) in [7, 11) is -2.43. The second-order valence-corrected chi connectivity index (χ2v) is 5.58. The predicted molar refractivity (Wildman–Crippen MR) is 63.5 cm³/mol. The molecular formula is C9H10Cl2FNO3S. The second kappa shape index (κ2) is 5.97. The highest BCUT2D eigenvalue weighted by atomic mass is 35.5. The number of methoxy groups -OCH3 is 1. The molecule has 17 heavy (non-hydrogen) atoms.